The monoisotopic (exact) mass is 548 g/mol. The largest absolute Gasteiger partial charge is 0.495 e. The smallest absolute Gasteiger partial charge is 0.264 e. The van der Waals surface area contributed by atoms with Crippen LogP contribution in [0, 0.1) is 6.92 Å². The zero-order chi connectivity index (χ0) is 27.3. The second-order valence-corrected chi connectivity index (χ2v) is 10.7. The van der Waals surface area contributed by atoms with Crippen LogP contribution in [0.2, 0.25) is 5.02 Å². The lowest BCUT2D eigenvalue weighted by molar-refractivity contribution is -0.114. The molecule has 7 nitrogen and oxygen atoms in total. The van der Waals surface area contributed by atoms with Crippen LogP contribution in [0.15, 0.2) is 102 Å². The van der Waals surface area contributed by atoms with Gasteiger partial charge in [0.15, 0.2) is 5.78 Å². The average molecular weight is 549 g/mol. The molecule has 0 fully saturated rings. The fourth-order valence-electron chi connectivity index (χ4n) is 3.89. The molecule has 4 aromatic rings. The number of methoxy groups -OCH3 is 1. The quantitative estimate of drug-likeness (QED) is 0.270. The molecule has 0 spiro atoms. The third kappa shape index (κ3) is 5.88. The Morgan fingerprint density at radius 2 is 1.55 bits per heavy atom. The van der Waals surface area contributed by atoms with Gasteiger partial charge in [0.05, 0.1) is 23.4 Å². The summed E-state index contributed by atoms with van der Waals surface area (Å²) in [7, 11) is -2.74. The zero-order valence-corrected chi connectivity index (χ0v) is 22.3. The van der Waals surface area contributed by atoms with Gasteiger partial charge in [-0.05, 0) is 55.0 Å². The number of anilines is 2. The number of sulfonamides is 1. The maximum absolute atomic E-state index is 13.7. The fourth-order valence-corrected chi connectivity index (χ4v) is 5.51. The molecule has 0 saturated carbocycles. The standard InChI is InChI=1S/C29H25ClN2O5S/c1-20-13-16-27(37-2)26(17-20)32(38(35,36)23-11-7-4-8-12-23)19-28(33)31-25-15-14-22(30)18-24(25)29(34)21-9-5-3-6-10-21/h3-18H,19H2,1-2H3,(H,31,33). The first-order chi connectivity index (χ1) is 18.2. The van der Waals surface area contributed by atoms with Gasteiger partial charge in [0.25, 0.3) is 10.0 Å². The lowest BCUT2D eigenvalue weighted by Gasteiger charge is -2.26. The first-order valence-corrected chi connectivity index (χ1v) is 13.4. The number of ketones is 1. The second kappa shape index (κ2) is 11.5. The summed E-state index contributed by atoms with van der Waals surface area (Å²) in [5, 5.41) is 3.02. The van der Waals surface area contributed by atoms with Crippen LogP contribution in [0.4, 0.5) is 11.4 Å². The van der Waals surface area contributed by atoms with E-state index in [2.05, 4.69) is 5.32 Å². The molecule has 0 saturated heterocycles. The van der Waals surface area contributed by atoms with Gasteiger partial charge in [0.1, 0.15) is 12.3 Å². The van der Waals surface area contributed by atoms with Gasteiger partial charge in [-0.25, -0.2) is 8.42 Å². The molecule has 9 heteroatoms. The Morgan fingerprint density at radius 1 is 0.895 bits per heavy atom. The lowest BCUT2D eigenvalue weighted by atomic mass is 10.0. The van der Waals surface area contributed by atoms with E-state index >= 15 is 0 Å². The molecular weight excluding hydrogens is 524 g/mol. The van der Waals surface area contributed by atoms with Crippen molar-refractivity contribution < 1.29 is 22.7 Å². The van der Waals surface area contributed by atoms with E-state index in [0.717, 1.165) is 9.87 Å². The third-order valence-corrected chi connectivity index (χ3v) is 7.77. The number of rotatable bonds is 9. The Bertz CT molecular complexity index is 1580. The molecule has 38 heavy (non-hydrogen) atoms. The molecular formula is C29H25ClN2O5S. The van der Waals surface area contributed by atoms with E-state index in [4.69, 9.17) is 16.3 Å². The first kappa shape index (κ1) is 26.9. The van der Waals surface area contributed by atoms with Crippen LogP contribution in [-0.4, -0.2) is 33.8 Å². The van der Waals surface area contributed by atoms with E-state index in [0.29, 0.717) is 10.6 Å². The predicted molar refractivity (Wildman–Crippen MR) is 149 cm³/mol. The summed E-state index contributed by atoms with van der Waals surface area (Å²) < 4.78 is 33.9. The molecule has 0 atom stereocenters. The van der Waals surface area contributed by atoms with Gasteiger partial charge in [-0.3, -0.25) is 13.9 Å². The summed E-state index contributed by atoms with van der Waals surface area (Å²) in [4.78, 5) is 26.5. The van der Waals surface area contributed by atoms with Crippen molar-refractivity contribution in [1.82, 2.24) is 0 Å². The Labute approximate surface area is 226 Å². The SMILES string of the molecule is COc1ccc(C)cc1N(CC(=O)Nc1ccc(Cl)cc1C(=O)c1ccccc1)S(=O)(=O)c1ccccc1. The first-order valence-electron chi connectivity index (χ1n) is 11.6. The minimum absolute atomic E-state index is 0.0165. The highest BCUT2D eigenvalue weighted by molar-refractivity contribution is 7.92. The van der Waals surface area contributed by atoms with Crippen LogP contribution in [-0.2, 0) is 14.8 Å². The van der Waals surface area contributed by atoms with Gasteiger partial charge in [-0.2, -0.15) is 0 Å². The van der Waals surface area contributed by atoms with Crippen molar-refractivity contribution in [2.45, 2.75) is 11.8 Å². The van der Waals surface area contributed by atoms with Crippen molar-refractivity contribution in [3.05, 3.63) is 119 Å². The van der Waals surface area contributed by atoms with E-state index < -0.39 is 22.5 Å². The van der Waals surface area contributed by atoms with Gasteiger partial charge in [-0.15, -0.1) is 0 Å². The summed E-state index contributed by atoms with van der Waals surface area (Å²) in [6.07, 6.45) is 0. The molecule has 4 aromatic carbocycles. The Morgan fingerprint density at radius 3 is 2.21 bits per heavy atom. The zero-order valence-electron chi connectivity index (χ0n) is 20.7. The number of carbonyl (C=O) groups is 2. The molecule has 0 radical (unpaired) electrons. The highest BCUT2D eigenvalue weighted by Gasteiger charge is 2.30. The number of nitrogens with one attached hydrogen (secondary N) is 1. The average Bonchev–Trinajstić information content (AvgIpc) is 2.93. The number of carbonyl (C=O) groups excluding carboxylic acids is 2. The van der Waals surface area contributed by atoms with E-state index in [1.165, 1.54) is 31.4 Å². The molecule has 0 aliphatic rings. The fraction of sp³-hybridized carbons (Fsp3) is 0.103. The Hall–Kier alpha value is -4.14. The van der Waals surface area contributed by atoms with Gasteiger partial charge < -0.3 is 10.1 Å². The van der Waals surface area contributed by atoms with E-state index in [-0.39, 0.29) is 33.4 Å². The molecule has 0 aliphatic carbocycles. The van der Waals surface area contributed by atoms with Crippen LogP contribution >= 0.6 is 11.6 Å². The van der Waals surface area contributed by atoms with Gasteiger partial charge >= 0.3 is 0 Å². The summed E-state index contributed by atoms with van der Waals surface area (Å²) in [5.74, 6) is -0.704. The van der Waals surface area contributed by atoms with Crippen LogP contribution in [0.3, 0.4) is 0 Å². The number of hydrogen-bond donors (Lipinski definition) is 1. The van der Waals surface area contributed by atoms with E-state index in [9.17, 15) is 18.0 Å². The van der Waals surface area contributed by atoms with Crippen molar-refractivity contribution >= 4 is 44.7 Å². The molecule has 4 rings (SSSR count). The highest BCUT2D eigenvalue weighted by Crippen LogP contribution is 2.33. The number of nitrogens with zero attached hydrogens (tertiary/aromatic N) is 1. The van der Waals surface area contributed by atoms with Crippen molar-refractivity contribution in [3.63, 3.8) is 0 Å². The predicted octanol–water partition coefficient (Wildman–Crippen LogP) is 5.72. The van der Waals surface area contributed by atoms with Crippen molar-refractivity contribution in [1.29, 1.82) is 0 Å². The molecule has 0 unspecified atom stereocenters. The van der Waals surface area contributed by atoms with Gasteiger partial charge in [0, 0.05) is 16.1 Å². The molecule has 0 aromatic heterocycles. The van der Waals surface area contributed by atoms with Gasteiger partial charge in [-0.1, -0.05) is 66.2 Å². The number of aryl methyl sites for hydroxylation is 1. The molecule has 0 bridgehead atoms. The highest BCUT2D eigenvalue weighted by atomic mass is 35.5. The number of benzene rings is 4. The molecule has 1 amide bonds. The lowest BCUT2D eigenvalue weighted by Crippen LogP contribution is -2.38. The molecule has 0 heterocycles. The van der Waals surface area contributed by atoms with Crippen LogP contribution in [0.1, 0.15) is 21.5 Å². The minimum Gasteiger partial charge on any atom is -0.495 e. The Kier molecular flexibility index (Phi) is 8.14. The molecule has 0 aliphatic heterocycles. The summed E-state index contributed by atoms with van der Waals surface area (Å²) >= 11 is 6.16. The molecule has 1 N–H and O–H groups in total. The Balaban J connectivity index is 1.72. The number of ether oxygens (including phenoxy) is 1. The van der Waals surface area contributed by atoms with Crippen LogP contribution < -0.4 is 14.4 Å². The maximum atomic E-state index is 13.7. The summed E-state index contributed by atoms with van der Waals surface area (Å²) in [6.45, 7) is 1.24. The number of hydrogen-bond acceptors (Lipinski definition) is 5. The summed E-state index contributed by atoms with van der Waals surface area (Å²) in [5.41, 5.74) is 1.80. The van der Waals surface area contributed by atoms with Crippen LogP contribution in [0.25, 0.3) is 0 Å². The maximum Gasteiger partial charge on any atom is 0.264 e. The van der Waals surface area contributed by atoms with Crippen molar-refractivity contribution in [2.24, 2.45) is 0 Å². The second-order valence-electron chi connectivity index (χ2n) is 8.43. The topological polar surface area (TPSA) is 92.8 Å². The third-order valence-electron chi connectivity index (χ3n) is 5.76. The molecule has 194 valence electrons. The van der Waals surface area contributed by atoms with Crippen LogP contribution in [0.5, 0.6) is 5.75 Å². The van der Waals surface area contributed by atoms with Gasteiger partial charge in [0.2, 0.25) is 5.91 Å². The van der Waals surface area contributed by atoms with Crippen molar-refractivity contribution in [2.75, 3.05) is 23.3 Å². The number of amides is 1. The summed E-state index contributed by atoms with van der Waals surface area (Å²) in [6, 6.07) is 26.0. The van der Waals surface area contributed by atoms with Crippen molar-refractivity contribution in [3.8, 4) is 5.75 Å². The van der Waals surface area contributed by atoms with E-state index in [1.54, 1.807) is 72.8 Å². The number of halogens is 1. The minimum atomic E-state index is -4.16. The van der Waals surface area contributed by atoms with E-state index in [1.807, 2.05) is 6.92 Å². The normalized spacial score (nSPS) is 11.0.